The molecule has 134 valence electrons. The van der Waals surface area contributed by atoms with Crippen LogP contribution in [0.2, 0.25) is 0 Å². The Morgan fingerprint density at radius 1 is 1.04 bits per heavy atom. The molecule has 2 nitrogen and oxygen atoms in total. The van der Waals surface area contributed by atoms with Gasteiger partial charge in [-0.2, -0.15) is 0 Å². The predicted molar refractivity (Wildman–Crippen MR) is 98.5 cm³/mol. The Balaban J connectivity index is 1.67. The number of hydrogen-bond donors (Lipinski definition) is 0. The number of quaternary nitrogens is 1. The van der Waals surface area contributed by atoms with Gasteiger partial charge in [-0.25, -0.2) is 0 Å². The van der Waals surface area contributed by atoms with Gasteiger partial charge in [0, 0.05) is 17.8 Å². The largest absolute Gasteiger partial charge is 0.325 e. The van der Waals surface area contributed by atoms with Crippen molar-refractivity contribution in [3.8, 4) is 0 Å². The highest BCUT2D eigenvalue weighted by Gasteiger charge is 2.57. The third-order valence-electron chi connectivity index (χ3n) is 7.94. The Morgan fingerprint density at radius 3 is 2.08 bits per heavy atom. The Bertz CT molecular complexity index is 509. The summed E-state index contributed by atoms with van der Waals surface area (Å²) in [4.78, 5) is 13.9. The smallest absolute Gasteiger partial charge is 0.151 e. The number of carbonyl (C=O) groups is 1. The molecule has 4 saturated carbocycles. The van der Waals surface area contributed by atoms with Gasteiger partial charge in [-0.3, -0.25) is 4.79 Å². The summed E-state index contributed by atoms with van der Waals surface area (Å²) < 4.78 is 0.993. The second-order valence-electron chi connectivity index (χ2n) is 10.5. The van der Waals surface area contributed by atoms with Crippen molar-refractivity contribution in [1.29, 1.82) is 0 Å². The standard InChI is InChI=1S/C22H36NO/c1-15(2)20-19(7-5-6-8-23(20,3)4)21(24)22-12-16-9-17(13-22)11-18(10-16)14-22/h5,7,15-20H,6,8-14H2,1-4H3/q+1. The van der Waals surface area contributed by atoms with Crippen LogP contribution in [0.3, 0.4) is 0 Å². The molecule has 0 spiro atoms. The lowest BCUT2D eigenvalue weighted by Gasteiger charge is -2.57. The first-order chi connectivity index (χ1) is 11.3. The number of carbonyl (C=O) groups excluding carboxylic acids is 1. The Morgan fingerprint density at radius 2 is 1.58 bits per heavy atom. The van der Waals surface area contributed by atoms with E-state index in [1.54, 1.807) is 0 Å². The third-order valence-corrected chi connectivity index (χ3v) is 7.94. The Kier molecular flexibility index (Phi) is 3.99. The minimum atomic E-state index is 0.0429. The van der Waals surface area contributed by atoms with E-state index in [1.165, 1.54) is 38.5 Å². The molecule has 5 rings (SSSR count). The molecule has 0 aromatic rings. The number of rotatable bonds is 3. The van der Waals surface area contributed by atoms with Crippen LogP contribution < -0.4 is 0 Å². The van der Waals surface area contributed by atoms with Gasteiger partial charge in [0.2, 0.25) is 0 Å². The van der Waals surface area contributed by atoms with Gasteiger partial charge in [0.1, 0.15) is 6.04 Å². The SMILES string of the molecule is CC(C)C1C(C(=O)C23CC4CC(CC(C4)C2)C3)C=CCC[N+]1(C)C. The maximum atomic E-state index is 13.9. The van der Waals surface area contributed by atoms with Gasteiger partial charge >= 0.3 is 0 Å². The third kappa shape index (κ3) is 2.60. The van der Waals surface area contributed by atoms with Crippen LogP contribution >= 0.6 is 0 Å². The molecule has 0 aromatic heterocycles. The van der Waals surface area contributed by atoms with Gasteiger partial charge in [-0.1, -0.05) is 26.0 Å². The van der Waals surface area contributed by atoms with Crippen LogP contribution in [0.4, 0.5) is 0 Å². The molecule has 5 aliphatic rings. The first-order valence-corrected chi connectivity index (χ1v) is 10.3. The van der Waals surface area contributed by atoms with Gasteiger partial charge in [-0.15, -0.1) is 0 Å². The molecule has 2 unspecified atom stereocenters. The average molecular weight is 331 g/mol. The molecule has 0 N–H and O–H groups in total. The summed E-state index contributed by atoms with van der Waals surface area (Å²) in [5.41, 5.74) is 0.0429. The molecule has 4 fully saturated rings. The molecule has 24 heavy (non-hydrogen) atoms. The molecule has 0 amide bonds. The van der Waals surface area contributed by atoms with Crippen molar-refractivity contribution in [2.24, 2.45) is 35.0 Å². The van der Waals surface area contributed by atoms with E-state index in [-0.39, 0.29) is 11.3 Å². The zero-order valence-corrected chi connectivity index (χ0v) is 16.1. The summed E-state index contributed by atoms with van der Waals surface area (Å²) in [6.45, 7) is 5.80. The summed E-state index contributed by atoms with van der Waals surface area (Å²) in [7, 11) is 4.69. The fourth-order valence-electron chi connectivity index (χ4n) is 7.58. The minimum absolute atomic E-state index is 0.0429. The van der Waals surface area contributed by atoms with Crippen LogP contribution in [0.15, 0.2) is 12.2 Å². The van der Waals surface area contributed by atoms with E-state index in [2.05, 4.69) is 40.1 Å². The maximum Gasteiger partial charge on any atom is 0.151 e. The highest BCUT2D eigenvalue weighted by atomic mass is 16.1. The van der Waals surface area contributed by atoms with Crippen molar-refractivity contribution < 1.29 is 9.28 Å². The summed E-state index contributed by atoms with van der Waals surface area (Å²) in [6, 6.07) is 0.434. The molecule has 4 aliphatic carbocycles. The average Bonchev–Trinajstić information content (AvgIpc) is 2.62. The zero-order chi connectivity index (χ0) is 17.1. The first kappa shape index (κ1) is 16.8. The zero-order valence-electron chi connectivity index (χ0n) is 16.1. The lowest BCUT2D eigenvalue weighted by molar-refractivity contribution is -0.919. The lowest BCUT2D eigenvalue weighted by atomic mass is 9.47. The van der Waals surface area contributed by atoms with E-state index in [1.807, 2.05) is 0 Å². The molecular weight excluding hydrogens is 294 g/mol. The molecular formula is C22H36NO+. The van der Waals surface area contributed by atoms with E-state index in [4.69, 9.17) is 0 Å². The van der Waals surface area contributed by atoms with Crippen molar-refractivity contribution >= 4 is 5.78 Å². The van der Waals surface area contributed by atoms with E-state index in [0.717, 1.165) is 35.2 Å². The van der Waals surface area contributed by atoms with E-state index < -0.39 is 0 Å². The van der Waals surface area contributed by atoms with Crippen molar-refractivity contribution in [2.75, 3.05) is 20.6 Å². The quantitative estimate of drug-likeness (QED) is 0.552. The number of ketones is 1. The minimum Gasteiger partial charge on any atom is -0.325 e. The highest BCUT2D eigenvalue weighted by molar-refractivity contribution is 5.89. The Hall–Kier alpha value is -0.630. The van der Waals surface area contributed by atoms with Gasteiger partial charge < -0.3 is 4.48 Å². The second-order valence-corrected chi connectivity index (χ2v) is 10.5. The summed E-state index contributed by atoms with van der Waals surface area (Å²) in [5, 5.41) is 0. The van der Waals surface area contributed by atoms with Crippen molar-refractivity contribution in [1.82, 2.24) is 0 Å². The van der Waals surface area contributed by atoms with Crippen molar-refractivity contribution in [3.05, 3.63) is 12.2 Å². The van der Waals surface area contributed by atoms with Gasteiger partial charge in [-0.05, 0) is 56.3 Å². The molecule has 4 bridgehead atoms. The van der Waals surface area contributed by atoms with Gasteiger partial charge in [0.15, 0.2) is 5.78 Å². The first-order valence-electron chi connectivity index (χ1n) is 10.3. The highest BCUT2D eigenvalue weighted by Crippen LogP contribution is 2.61. The molecule has 1 aliphatic heterocycles. The monoisotopic (exact) mass is 330 g/mol. The lowest BCUT2D eigenvalue weighted by Crippen LogP contribution is -2.59. The van der Waals surface area contributed by atoms with Crippen molar-refractivity contribution in [3.63, 3.8) is 0 Å². The Labute approximate surface area is 148 Å². The molecule has 2 atom stereocenters. The van der Waals surface area contributed by atoms with Crippen LogP contribution in [0.25, 0.3) is 0 Å². The summed E-state index contributed by atoms with van der Waals surface area (Å²) in [5.74, 6) is 3.88. The fourth-order valence-corrected chi connectivity index (χ4v) is 7.58. The van der Waals surface area contributed by atoms with Crippen LogP contribution in [0.5, 0.6) is 0 Å². The van der Waals surface area contributed by atoms with E-state index in [9.17, 15) is 4.79 Å². The van der Waals surface area contributed by atoms with Crippen LogP contribution in [0.1, 0.15) is 58.8 Å². The molecule has 0 aromatic carbocycles. The van der Waals surface area contributed by atoms with Crippen LogP contribution in [-0.2, 0) is 4.79 Å². The van der Waals surface area contributed by atoms with E-state index in [0.29, 0.717) is 17.7 Å². The topological polar surface area (TPSA) is 17.1 Å². The van der Waals surface area contributed by atoms with E-state index >= 15 is 0 Å². The number of Topliss-reactive ketones (excluding diaryl/α,β-unsaturated/α-hetero) is 1. The molecule has 1 heterocycles. The number of hydrogen-bond acceptors (Lipinski definition) is 1. The number of nitrogens with zero attached hydrogens (tertiary/aromatic N) is 1. The normalized spacial score (nSPS) is 46.3. The summed E-state index contributed by atoms with van der Waals surface area (Å²) >= 11 is 0. The maximum absolute atomic E-state index is 13.9. The van der Waals surface area contributed by atoms with Gasteiger partial charge in [0.05, 0.1) is 26.6 Å². The van der Waals surface area contributed by atoms with Gasteiger partial charge in [0.25, 0.3) is 0 Å². The predicted octanol–water partition coefficient (Wildman–Crippen LogP) is 4.45. The molecule has 2 heteroatoms. The van der Waals surface area contributed by atoms with Crippen LogP contribution in [0, 0.1) is 35.0 Å². The van der Waals surface area contributed by atoms with Crippen LogP contribution in [-0.4, -0.2) is 36.9 Å². The summed E-state index contributed by atoms with van der Waals surface area (Å²) in [6.07, 6.45) is 13.6. The second kappa shape index (κ2) is 5.69. The van der Waals surface area contributed by atoms with Crippen molar-refractivity contribution in [2.45, 2.75) is 64.8 Å². The molecule has 0 saturated heterocycles. The fraction of sp³-hybridized carbons (Fsp3) is 0.864. The molecule has 0 radical (unpaired) electrons.